The molecule has 0 aliphatic heterocycles. The van der Waals surface area contributed by atoms with E-state index in [1.165, 1.54) is 270 Å². The van der Waals surface area contributed by atoms with Gasteiger partial charge in [-0.1, -0.05) is 401 Å². The number of carbonyl (C=O) groups excluding carboxylic acids is 4. The van der Waals surface area contributed by atoms with E-state index in [9.17, 15) is 43.2 Å². The predicted molar refractivity (Wildman–Crippen MR) is 428 cm³/mol. The standard InChI is InChI=1S/C85H166O17P2/c1-7-10-12-14-16-18-20-22-23-24-28-31-35-38-42-49-55-61-67-82(87)95-73-80(101-85(90)70-64-58-52-44-40-36-32-29-26-25-27-30-34-37-41-48-54-60-66-78(6)9-3)75-99-103(91,92)97-71-79(86)72-98-104(93,94)100-76-81(74-96-83(88)68-62-56-50-46-45-47-53-59-65-77(4)5)102-84(89)69-63-57-51-43-39-33-21-19-17-15-13-11-8-2/h77-81,86H,7-76H2,1-6H3,(H,91,92)(H,93,94)/t78?,79-,80-,81-/m1/s1. The lowest BCUT2D eigenvalue weighted by Gasteiger charge is -2.21. The first-order valence-corrected chi connectivity index (χ1v) is 47.0. The fourth-order valence-electron chi connectivity index (χ4n) is 13.2. The second-order valence-corrected chi connectivity index (χ2v) is 34.2. The SMILES string of the molecule is CCCCCCCCCCCCCCCCCCCCC(=O)OC[C@H](COP(=O)(O)OC[C@@H](O)COP(=O)(O)OC[C@@H](COC(=O)CCCCCCCCCCC(C)C)OC(=O)CCCCCCCCCCCCCCC)OC(=O)CCCCCCCCCCCCCCCCCCCCC(C)CC. The summed E-state index contributed by atoms with van der Waals surface area (Å²) in [7, 11) is -9.92. The minimum absolute atomic E-state index is 0.107. The van der Waals surface area contributed by atoms with Crippen LogP contribution < -0.4 is 0 Å². The maximum atomic E-state index is 13.1. The third-order valence-corrected chi connectivity index (χ3v) is 22.2. The topological polar surface area (TPSA) is 237 Å². The molecule has 0 radical (unpaired) electrons. The fourth-order valence-corrected chi connectivity index (χ4v) is 14.8. The summed E-state index contributed by atoms with van der Waals surface area (Å²) in [5.74, 6) is -0.506. The molecule has 0 aliphatic carbocycles. The van der Waals surface area contributed by atoms with Gasteiger partial charge in [0.2, 0.25) is 0 Å². The molecule has 0 aromatic heterocycles. The summed E-state index contributed by atoms with van der Waals surface area (Å²) in [6.07, 6.45) is 68.0. The van der Waals surface area contributed by atoms with E-state index in [1.54, 1.807) is 0 Å². The Morgan fingerprint density at radius 1 is 0.279 bits per heavy atom. The van der Waals surface area contributed by atoms with Gasteiger partial charge in [-0.3, -0.25) is 37.3 Å². The highest BCUT2D eigenvalue weighted by Gasteiger charge is 2.30. The molecular formula is C85H166O17P2. The van der Waals surface area contributed by atoms with Crippen LogP contribution in [0.25, 0.3) is 0 Å². The van der Waals surface area contributed by atoms with Gasteiger partial charge in [-0.05, 0) is 37.5 Å². The second kappa shape index (κ2) is 76.4. The summed E-state index contributed by atoms with van der Waals surface area (Å²) in [5.41, 5.74) is 0. The minimum Gasteiger partial charge on any atom is -0.462 e. The zero-order valence-electron chi connectivity index (χ0n) is 68.3. The highest BCUT2D eigenvalue weighted by molar-refractivity contribution is 7.47. The second-order valence-electron chi connectivity index (χ2n) is 31.3. The number of ether oxygens (including phenoxy) is 4. The monoisotopic (exact) mass is 1520 g/mol. The summed E-state index contributed by atoms with van der Waals surface area (Å²) >= 11 is 0. The highest BCUT2D eigenvalue weighted by atomic mass is 31.2. The average molecular weight is 1520 g/mol. The molecule has 0 fully saturated rings. The van der Waals surface area contributed by atoms with Crippen LogP contribution in [0.5, 0.6) is 0 Å². The van der Waals surface area contributed by atoms with Gasteiger partial charge in [0, 0.05) is 25.7 Å². The van der Waals surface area contributed by atoms with Crippen molar-refractivity contribution in [1.29, 1.82) is 0 Å². The van der Waals surface area contributed by atoms with E-state index in [-0.39, 0.29) is 25.7 Å². The van der Waals surface area contributed by atoms with E-state index in [2.05, 4.69) is 41.5 Å². The smallest absolute Gasteiger partial charge is 0.462 e. The summed E-state index contributed by atoms with van der Waals surface area (Å²) in [6, 6.07) is 0. The zero-order valence-corrected chi connectivity index (χ0v) is 70.1. The van der Waals surface area contributed by atoms with Gasteiger partial charge in [0.1, 0.15) is 19.3 Å². The Morgan fingerprint density at radius 2 is 0.490 bits per heavy atom. The van der Waals surface area contributed by atoms with Crippen LogP contribution in [0.4, 0.5) is 0 Å². The van der Waals surface area contributed by atoms with E-state index in [1.807, 2.05) is 0 Å². The number of aliphatic hydroxyl groups is 1. The maximum Gasteiger partial charge on any atom is 0.472 e. The van der Waals surface area contributed by atoms with Crippen LogP contribution >= 0.6 is 15.6 Å². The number of hydrogen-bond donors (Lipinski definition) is 3. The summed E-state index contributed by atoms with van der Waals surface area (Å²) < 4.78 is 68.8. The molecule has 0 saturated heterocycles. The first-order valence-electron chi connectivity index (χ1n) is 44.0. The van der Waals surface area contributed by atoms with Crippen LogP contribution in [-0.2, 0) is 65.4 Å². The van der Waals surface area contributed by atoms with Crippen molar-refractivity contribution in [3.8, 4) is 0 Å². The molecule has 19 heteroatoms. The van der Waals surface area contributed by atoms with Crippen LogP contribution in [0.3, 0.4) is 0 Å². The molecule has 0 aromatic rings. The van der Waals surface area contributed by atoms with Crippen molar-refractivity contribution in [1.82, 2.24) is 0 Å². The van der Waals surface area contributed by atoms with E-state index in [0.29, 0.717) is 25.7 Å². The predicted octanol–water partition coefficient (Wildman–Crippen LogP) is 25.8. The number of esters is 4. The lowest BCUT2D eigenvalue weighted by atomic mass is 9.99. The third kappa shape index (κ3) is 76.8. The van der Waals surface area contributed by atoms with Crippen LogP contribution in [0.2, 0.25) is 0 Å². The van der Waals surface area contributed by atoms with Crippen molar-refractivity contribution in [3.05, 3.63) is 0 Å². The van der Waals surface area contributed by atoms with Gasteiger partial charge in [-0.15, -0.1) is 0 Å². The van der Waals surface area contributed by atoms with Crippen molar-refractivity contribution < 1.29 is 80.2 Å². The molecule has 6 atom stereocenters. The molecule has 618 valence electrons. The molecule has 0 rings (SSSR count). The van der Waals surface area contributed by atoms with Crippen LogP contribution in [0, 0.1) is 11.8 Å². The zero-order chi connectivity index (χ0) is 76.4. The first kappa shape index (κ1) is 102. The maximum absolute atomic E-state index is 13.1. The van der Waals surface area contributed by atoms with Gasteiger partial charge in [-0.25, -0.2) is 9.13 Å². The largest absolute Gasteiger partial charge is 0.472 e. The molecule has 0 aliphatic rings. The van der Waals surface area contributed by atoms with Crippen LogP contribution in [0.1, 0.15) is 452 Å². The molecule has 3 N–H and O–H groups in total. The van der Waals surface area contributed by atoms with Crippen molar-refractivity contribution >= 4 is 39.5 Å². The Balaban J connectivity index is 5.22. The normalized spacial score (nSPS) is 14.1. The third-order valence-electron chi connectivity index (χ3n) is 20.3. The first-order chi connectivity index (χ1) is 50.4. The molecule has 104 heavy (non-hydrogen) atoms. The Hall–Kier alpha value is -1.94. The lowest BCUT2D eigenvalue weighted by Crippen LogP contribution is -2.30. The molecule has 17 nitrogen and oxygen atoms in total. The summed E-state index contributed by atoms with van der Waals surface area (Å²) in [4.78, 5) is 73.2. The lowest BCUT2D eigenvalue weighted by molar-refractivity contribution is -0.161. The van der Waals surface area contributed by atoms with Gasteiger partial charge in [0.15, 0.2) is 12.2 Å². The Morgan fingerprint density at radius 3 is 0.731 bits per heavy atom. The number of phosphoric ester groups is 2. The Bertz CT molecular complexity index is 2000. The number of rotatable bonds is 84. The van der Waals surface area contributed by atoms with Crippen LogP contribution in [0.15, 0.2) is 0 Å². The van der Waals surface area contributed by atoms with E-state index in [4.69, 9.17) is 37.0 Å². The average Bonchev–Trinajstić information content (AvgIpc) is 0.915. The van der Waals surface area contributed by atoms with Gasteiger partial charge in [-0.2, -0.15) is 0 Å². The highest BCUT2D eigenvalue weighted by Crippen LogP contribution is 2.45. The molecule has 0 spiro atoms. The summed E-state index contributed by atoms with van der Waals surface area (Å²) in [6.45, 7) is 9.70. The molecule has 3 unspecified atom stereocenters. The molecule has 0 amide bonds. The molecule has 0 saturated carbocycles. The summed E-state index contributed by atoms with van der Waals surface area (Å²) in [5, 5.41) is 10.7. The van der Waals surface area contributed by atoms with Crippen molar-refractivity contribution in [3.63, 3.8) is 0 Å². The molecule has 0 bridgehead atoms. The quantitative estimate of drug-likeness (QED) is 0.0222. The molecule has 0 heterocycles. The Labute approximate surface area is 638 Å². The fraction of sp³-hybridized carbons (Fsp3) is 0.953. The number of phosphoric acid groups is 2. The van der Waals surface area contributed by atoms with Gasteiger partial charge >= 0.3 is 39.5 Å². The molecular weight excluding hydrogens is 1350 g/mol. The molecule has 0 aromatic carbocycles. The van der Waals surface area contributed by atoms with Crippen LogP contribution in [-0.4, -0.2) is 96.7 Å². The minimum atomic E-state index is -4.97. The van der Waals surface area contributed by atoms with Gasteiger partial charge < -0.3 is 33.8 Å². The Kier molecular flexibility index (Phi) is 75.0. The number of aliphatic hydroxyl groups excluding tert-OH is 1. The number of unbranched alkanes of at least 4 members (excludes halogenated alkanes) is 53. The number of carbonyl (C=O) groups is 4. The van der Waals surface area contributed by atoms with Gasteiger partial charge in [0.05, 0.1) is 26.4 Å². The van der Waals surface area contributed by atoms with E-state index >= 15 is 0 Å². The number of hydrogen-bond acceptors (Lipinski definition) is 15. The van der Waals surface area contributed by atoms with Crippen molar-refractivity contribution in [2.24, 2.45) is 11.8 Å². The van der Waals surface area contributed by atoms with Crippen molar-refractivity contribution in [2.75, 3.05) is 39.6 Å². The van der Waals surface area contributed by atoms with E-state index < -0.39 is 97.5 Å². The van der Waals surface area contributed by atoms with E-state index in [0.717, 1.165) is 102 Å². The van der Waals surface area contributed by atoms with Crippen molar-refractivity contribution in [2.45, 2.75) is 471 Å². The van der Waals surface area contributed by atoms with Gasteiger partial charge in [0.25, 0.3) is 0 Å².